The van der Waals surface area contributed by atoms with Gasteiger partial charge in [0.05, 0.1) is 11.8 Å². The van der Waals surface area contributed by atoms with Gasteiger partial charge in [-0.3, -0.25) is 4.90 Å². The van der Waals surface area contributed by atoms with Gasteiger partial charge >= 0.3 is 0 Å². The van der Waals surface area contributed by atoms with Gasteiger partial charge in [0.15, 0.2) is 0 Å². The fourth-order valence-electron chi connectivity index (χ4n) is 2.81. The van der Waals surface area contributed by atoms with Crippen LogP contribution in [0.2, 0.25) is 0 Å². The zero-order chi connectivity index (χ0) is 14.5. The zero-order valence-corrected chi connectivity index (χ0v) is 13.5. The lowest BCUT2D eigenvalue weighted by Gasteiger charge is -2.37. The highest BCUT2D eigenvalue weighted by molar-refractivity contribution is 7.09. The summed E-state index contributed by atoms with van der Waals surface area (Å²) >= 11 is 1.66. The molecule has 1 aromatic rings. The normalized spacial score (nSPS) is 23.7. The highest BCUT2D eigenvalue weighted by atomic mass is 32.1. The van der Waals surface area contributed by atoms with Crippen molar-refractivity contribution in [3.05, 3.63) is 16.1 Å². The van der Waals surface area contributed by atoms with Crippen molar-refractivity contribution in [3.8, 4) is 0 Å². The number of aliphatic hydroxyl groups excluding tert-OH is 1. The Morgan fingerprint density at radius 1 is 1.55 bits per heavy atom. The monoisotopic (exact) mass is 298 g/mol. The Balaban J connectivity index is 2.01. The zero-order valence-electron chi connectivity index (χ0n) is 12.7. The summed E-state index contributed by atoms with van der Waals surface area (Å²) in [5.41, 5.74) is 1.10. The fourth-order valence-corrected chi connectivity index (χ4v) is 3.65. The van der Waals surface area contributed by atoms with Crippen molar-refractivity contribution in [2.75, 3.05) is 13.7 Å². The van der Waals surface area contributed by atoms with Crippen LogP contribution in [-0.2, 0) is 11.3 Å². The highest BCUT2D eigenvalue weighted by Crippen LogP contribution is 2.25. The quantitative estimate of drug-likeness (QED) is 0.877. The van der Waals surface area contributed by atoms with E-state index in [1.54, 1.807) is 18.4 Å². The standard InChI is InChI=1S/C15H26N2O2S/c1-4-14(18)13-7-5-6-8-17(13)9-12-10-20-15(16-12)11(2)19-3/h10-11,13-14,18H,4-9H2,1-3H3. The van der Waals surface area contributed by atoms with Gasteiger partial charge in [-0.2, -0.15) is 0 Å². The van der Waals surface area contributed by atoms with Crippen molar-refractivity contribution in [1.29, 1.82) is 0 Å². The van der Waals surface area contributed by atoms with Crippen molar-refractivity contribution in [2.24, 2.45) is 0 Å². The summed E-state index contributed by atoms with van der Waals surface area (Å²) in [6.45, 7) is 5.98. The summed E-state index contributed by atoms with van der Waals surface area (Å²) in [5, 5.41) is 13.3. The molecule has 1 aliphatic heterocycles. The van der Waals surface area contributed by atoms with E-state index in [2.05, 4.69) is 22.2 Å². The van der Waals surface area contributed by atoms with Gasteiger partial charge in [0, 0.05) is 25.1 Å². The van der Waals surface area contributed by atoms with Gasteiger partial charge in [-0.25, -0.2) is 4.98 Å². The molecule has 4 nitrogen and oxygen atoms in total. The molecule has 1 saturated heterocycles. The molecule has 5 heteroatoms. The first kappa shape index (κ1) is 15.9. The van der Waals surface area contributed by atoms with Crippen LogP contribution >= 0.6 is 11.3 Å². The van der Waals surface area contributed by atoms with E-state index in [-0.39, 0.29) is 12.2 Å². The Morgan fingerprint density at radius 3 is 3.05 bits per heavy atom. The van der Waals surface area contributed by atoms with Crippen molar-refractivity contribution < 1.29 is 9.84 Å². The summed E-state index contributed by atoms with van der Waals surface area (Å²) in [7, 11) is 1.71. The van der Waals surface area contributed by atoms with E-state index in [1.807, 2.05) is 6.92 Å². The Labute approximate surface area is 125 Å². The van der Waals surface area contributed by atoms with Crippen LogP contribution in [0.3, 0.4) is 0 Å². The molecular formula is C15H26N2O2S. The molecule has 0 bridgehead atoms. The smallest absolute Gasteiger partial charge is 0.122 e. The van der Waals surface area contributed by atoms with Crippen LogP contribution in [0, 0.1) is 0 Å². The number of thiazole rings is 1. The Hall–Kier alpha value is -0.490. The average molecular weight is 298 g/mol. The van der Waals surface area contributed by atoms with Gasteiger partial charge in [0.25, 0.3) is 0 Å². The van der Waals surface area contributed by atoms with Crippen molar-refractivity contribution in [2.45, 2.75) is 64.3 Å². The van der Waals surface area contributed by atoms with E-state index >= 15 is 0 Å². The van der Waals surface area contributed by atoms with Gasteiger partial charge in [-0.15, -0.1) is 11.3 Å². The van der Waals surface area contributed by atoms with Gasteiger partial charge in [0.1, 0.15) is 11.1 Å². The lowest BCUT2D eigenvalue weighted by atomic mass is 9.96. The molecule has 20 heavy (non-hydrogen) atoms. The molecule has 2 rings (SSSR count). The van der Waals surface area contributed by atoms with Crippen LogP contribution in [0.15, 0.2) is 5.38 Å². The van der Waals surface area contributed by atoms with Gasteiger partial charge in [-0.1, -0.05) is 13.3 Å². The first-order valence-electron chi connectivity index (χ1n) is 7.55. The second-order valence-corrected chi connectivity index (χ2v) is 6.45. The Morgan fingerprint density at radius 2 is 2.35 bits per heavy atom. The minimum absolute atomic E-state index is 0.0622. The van der Waals surface area contributed by atoms with Gasteiger partial charge in [-0.05, 0) is 32.7 Å². The van der Waals surface area contributed by atoms with Crippen LogP contribution in [0.4, 0.5) is 0 Å². The number of nitrogens with zero attached hydrogens (tertiary/aromatic N) is 2. The van der Waals surface area contributed by atoms with E-state index in [4.69, 9.17) is 4.74 Å². The Bertz CT molecular complexity index is 410. The van der Waals surface area contributed by atoms with Gasteiger partial charge < -0.3 is 9.84 Å². The summed E-state index contributed by atoms with van der Waals surface area (Å²) < 4.78 is 5.31. The van der Waals surface area contributed by atoms with E-state index in [1.165, 1.54) is 12.8 Å². The molecule has 0 saturated carbocycles. The van der Waals surface area contributed by atoms with Crippen LogP contribution < -0.4 is 0 Å². The molecule has 0 aromatic carbocycles. The van der Waals surface area contributed by atoms with Crippen LogP contribution in [0.5, 0.6) is 0 Å². The predicted molar refractivity (Wildman–Crippen MR) is 81.9 cm³/mol. The molecule has 0 aliphatic carbocycles. The third kappa shape index (κ3) is 3.79. The molecule has 1 aliphatic rings. The molecule has 3 unspecified atom stereocenters. The van der Waals surface area contributed by atoms with E-state index in [0.717, 1.165) is 36.6 Å². The summed E-state index contributed by atoms with van der Waals surface area (Å²) in [6, 6.07) is 0.291. The third-order valence-electron chi connectivity index (χ3n) is 4.16. The minimum atomic E-state index is -0.216. The minimum Gasteiger partial charge on any atom is -0.392 e. The SMILES string of the molecule is CCC(O)C1CCCCN1Cc1csc(C(C)OC)n1. The lowest BCUT2D eigenvalue weighted by molar-refractivity contribution is 0.0189. The number of aromatic nitrogens is 1. The maximum atomic E-state index is 10.2. The number of rotatable bonds is 6. The highest BCUT2D eigenvalue weighted by Gasteiger charge is 2.28. The van der Waals surface area contributed by atoms with Crippen LogP contribution in [0.25, 0.3) is 0 Å². The predicted octanol–water partition coefficient (Wildman–Crippen LogP) is 2.98. The number of ether oxygens (including phenoxy) is 1. The second-order valence-electron chi connectivity index (χ2n) is 5.56. The van der Waals surface area contributed by atoms with E-state index in [0.29, 0.717) is 6.04 Å². The molecule has 3 atom stereocenters. The number of hydrogen-bond donors (Lipinski definition) is 1. The largest absolute Gasteiger partial charge is 0.392 e. The molecule has 1 aromatic heterocycles. The van der Waals surface area contributed by atoms with E-state index < -0.39 is 0 Å². The molecule has 0 amide bonds. The summed E-state index contributed by atoms with van der Waals surface area (Å²) in [5.74, 6) is 0. The first-order chi connectivity index (χ1) is 9.65. The molecule has 1 fully saturated rings. The number of hydrogen-bond acceptors (Lipinski definition) is 5. The number of aliphatic hydroxyl groups is 1. The maximum Gasteiger partial charge on any atom is 0.122 e. The van der Waals surface area contributed by atoms with Crippen LogP contribution in [-0.4, -0.2) is 40.8 Å². The van der Waals surface area contributed by atoms with Crippen molar-refractivity contribution in [1.82, 2.24) is 9.88 Å². The molecule has 0 radical (unpaired) electrons. The average Bonchev–Trinajstić information content (AvgIpc) is 2.94. The topological polar surface area (TPSA) is 45.6 Å². The number of piperidine rings is 1. The van der Waals surface area contributed by atoms with Crippen LogP contribution in [0.1, 0.15) is 56.3 Å². The van der Waals surface area contributed by atoms with Gasteiger partial charge in [0.2, 0.25) is 0 Å². The lowest BCUT2D eigenvalue weighted by Crippen LogP contribution is -2.46. The fraction of sp³-hybridized carbons (Fsp3) is 0.800. The molecule has 0 spiro atoms. The van der Waals surface area contributed by atoms with Crippen molar-refractivity contribution in [3.63, 3.8) is 0 Å². The maximum absolute atomic E-state index is 10.2. The van der Waals surface area contributed by atoms with Crippen molar-refractivity contribution >= 4 is 11.3 Å². The summed E-state index contributed by atoms with van der Waals surface area (Å²) in [6.07, 6.45) is 4.21. The Kier molecular flexibility index (Phi) is 5.96. The third-order valence-corrected chi connectivity index (χ3v) is 5.22. The number of likely N-dealkylation sites (tertiary alicyclic amines) is 1. The second kappa shape index (κ2) is 7.50. The summed E-state index contributed by atoms with van der Waals surface area (Å²) in [4.78, 5) is 7.06. The first-order valence-corrected chi connectivity index (χ1v) is 8.42. The molecule has 2 heterocycles. The molecule has 1 N–H and O–H groups in total. The number of methoxy groups -OCH3 is 1. The molecular weight excluding hydrogens is 272 g/mol. The van der Waals surface area contributed by atoms with E-state index in [9.17, 15) is 5.11 Å². The molecule has 114 valence electrons.